The van der Waals surface area contributed by atoms with Gasteiger partial charge in [0.05, 0.1) is 5.56 Å². The minimum absolute atomic E-state index is 0.0988. The molecule has 0 bridgehead atoms. The van der Waals surface area contributed by atoms with Gasteiger partial charge in [-0.2, -0.15) is 5.26 Å². The summed E-state index contributed by atoms with van der Waals surface area (Å²) in [5, 5.41) is 8.53. The Morgan fingerprint density at radius 1 is 1.50 bits per heavy atom. The molecule has 0 amide bonds. The van der Waals surface area contributed by atoms with Crippen LogP contribution in [0.4, 0.5) is 0 Å². The number of ketones is 1. The SMILES string of the molecule is CC(=O)c1cc(C#N)c(S(C)(=O)=O)nc1C. The second-order valence-corrected chi connectivity index (χ2v) is 5.35. The molecule has 6 heteroatoms. The lowest BCUT2D eigenvalue weighted by Gasteiger charge is -2.05. The van der Waals surface area contributed by atoms with E-state index in [1.54, 1.807) is 6.07 Å². The third-order valence-corrected chi connectivity index (χ3v) is 3.04. The number of nitriles is 1. The molecule has 0 aliphatic heterocycles. The van der Waals surface area contributed by atoms with E-state index in [0.717, 1.165) is 6.26 Å². The Morgan fingerprint density at radius 3 is 2.44 bits per heavy atom. The van der Waals surface area contributed by atoms with Crippen LogP contribution in [0.5, 0.6) is 0 Å². The summed E-state index contributed by atoms with van der Waals surface area (Å²) >= 11 is 0. The van der Waals surface area contributed by atoms with Crippen LogP contribution in [0.15, 0.2) is 11.1 Å². The number of hydrogen-bond donors (Lipinski definition) is 0. The third-order valence-electron chi connectivity index (χ3n) is 2.03. The van der Waals surface area contributed by atoms with Crippen LogP contribution in [0.1, 0.15) is 28.5 Å². The predicted octanol–water partition coefficient (Wildman–Crippen LogP) is 0.868. The Labute approximate surface area is 93.7 Å². The van der Waals surface area contributed by atoms with Crippen molar-refractivity contribution in [3.63, 3.8) is 0 Å². The van der Waals surface area contributed by atoms with Crippen LogP contribution in [0.2, 0.25) is 0 Å². The maximum atomic E-state index is 11.3. The van der Waals surface area contributed by atoms with Crippen LogP contribution in [0.25, 0.3) is 0 Å². The largest absolute Gasteiger partial charge is 0.294 e. The summed E-state index contributed by atoms with van der Waals surface area (Å²) in [6, 6.07) is 3.00. The minimum atomic E-state index is -3.56. The van der Waals surface area contributed by atoms with Crippen molar-refractivity contribution in [1.82, 2.24) is 4.98 Å². The molecule has 1 aromatic rings. The standard InChI is InChI=1S/C10H10N2O3S/c1-6-9(7(2)13)4-8(5-11)10(12-6)16(3,14)15/h4H,1-3H3. The van der Waals surface area contributed by atoms with Crippen molar-refractivity contribution in [3.05, 3.63) is 22.9 Å². The Morgan fingerprint density at radius 2 is 2.06 bits per heavy atom. The van der Waals surface area contributed by atoms with Crippen LogP contribution in [0.3, 0.4) is 0 Å². The molecule has 84 valence electrons. The molecule has 0 aromatic carbocycles. The highest BCUT2D eigenvalue weighted by Gasteiger charge is 2.18. The number of carbonyl (C=O) groups excluding carboxylic acids is 1. The summed E-state index contributed by atoms with van der Waals surface area (Å²) in [6.45, 7) is 2.87. The Balaban J connectivity index is 3.65. The molecule has 1 rings (SSSR count). The maximum absolute atomic E-state index is 11.3. The second-order valence-electron chi connectivity index (χ2n) is 3.41. The van der Waals surface area contributed by atoms with Gasteiger partial charge in [-0.05, 0) is 19.9 Å². The number of Topliss-reactive ketones (excluding diaryl/α,β-unsaturated/α-hetero) is 1. The molecule has 1 aromatic heterocycles. The molecule has 0 atom stereocenters. The molecule has 0 aliphatic carbocycles. The molecule has 0 spiro atoms. The molecule has 5 nitrogen and oxygen atoms in total. The van der Waals surface area contributed by atoms with Crippen molar-refractivity contribution < 1.29 is 13.2 Å². The van der Waals surface area contributed by atoms with Crippen LogP contribution in [-0.4, -0.2) is 25.4 Å². The summed E-state index contributed by atoms with van der Waals surface area (Å²) < 4.78 is 22.7. The number of sulfone groups is 1. The summed E-state index contributed by atoms with van der Waals surface area (Å²) in [5.74, 6) is -0.249. The molecule has 0 aliphatic rings. The van der Waals surface area contributed by atoms with Gasteiger partial charge >= 0.3 is 0 Å². The minimum Gasteiger partial charge on any atom is -0.294 e. The molecule has 0 fully saturated rings. The monoisotopic (exact) mass is 238 g/mol. The number of hydrogen-bond acceptors (Lipinski definition) is 5. The van der Waals surface area contributed by atoms with E-state index in [1.807, 2.05) is 0 Å². The molecule has 0 unspecified atom stereocenters. The lowest BCUT2D eigenvalue weighted by Crippen LogP contribution is -2.09. The van der Waals surface area contributed by atoms with Crippen LogP contribution in [-0.2, 0) is 9.84 Å². The van der Waals surface area contributed by atoms with Crippen molar-refractivity contribution in [3.8, 4) is 6.07 Å². The molecular weight excluding hydrogens is 228 g/mol. The van der Waals surface area contributed by atoms with Crippen molar-refractivity contribution in [1.29, 1.82) is 5.26 Å². The van der Waals surface area contributed by atoms with E-state index < -0.39 is 9.84 Å². The van der Waals surface area contributed by atoms with Crippen LogP contribution in [0, 0.1) is 18.3 Å². The predicted molar refractivity (Wildman–Crippen MR) is 56.8 cm³/mol. The first-order chi connectivity index (χ1) is 7.27. The first-order valence-corrected chi connectivity index (χ1v) is 6.29. The third kappa shape index (κ3) is 2.25. The van der Waals surface area contributed by atoms with E-state index in [1.165, 1.54) is 19.9 Å². The Kier molecular flexibility index (Phi) is 3.10. The van der Waals surface area contributed by atoms with Crippen molar-refractivity contribution in [2.75, 3.05) is 6.26 Å². The Hall–Kier alpha value is -1.74. The molecule has 0 saturated carbocycles. The zero-order valence-electron chi connectivity index (χ0n) is 9.10. The van der Waals surface area contributed by atoms with Crippen molar-refractivity contribution in [2.24, 2.45) is 0 Å². The first kappa shape index (κ1) is 12.3. The highest BCUT2D eigenvalue weighted by molar-refractivity contribution is 7.90. The lowest BCUT2D eigenvalue weighted by molar-refractivity contribution is 0.101. The normalized spacial score (nSPS) is 10.9. The van der Waals surface area contributed by atoms with E-state index in [2.05, 4.69) is 4.98 Å². The van der Waals surface area contributed by atoms with Gasteiger partial charge in [-0.25, -0.2) is 13.4 Å². The van der Waals surface area contributed by atoms with Gasteiger partial charge in [0.1, 0.15) is 6.07 Å². The zero-order chi connectivity index (χ0) is 12.5. The lowest BCUT2D eigenvalue weighted by atomic mass is 10.1. The van der Waals surface area contributed by atoms with E-state index in [4.69, 9.17) is 5.26 Å². The molecule has 0 N–H and O–H groups in total. The summed E-state index contributed by atoms with van der Waals surface area (Å²) in [5.41, 5.74) is 0.481. The molecular formula is C10H10N2O3S. The van der Waals surface area contributed by atoms with Crippen LogP contribution < -0.4 is 0 Å². The average molecular weight is 238 g/mol. The van der Waals surface area contributed by atoms with Crippen molar-refractivity contribution in [2.45, 2.75) is 18.9 Å². The van der Waals surface area contributed by atoms with Crippen molar-refractivity contribution >= 4 is 15.6 Å². The molecule has 0 radical (unpaired) electrons. The first-order valence-electron chi connectivity index (χ1n) is 4.40. The zero-order valence-corrected chi connectivity index (χ0v) is 9.92. The van der Waals surface area contributed by atoms with Gasteiger partial charge in [-0.3, -0.25) is 4.79 Å². The molecule has 0 saturated heterocycles. The van der Waals surface area contributed by atoms with Gasteiger partial charge in [0.15, 0.2) is 20.6 Å². The van der Waals surface area contributed by atoms with Gasteiger partial charge in [0.25, 0.3) is 0 Å². The smallest absolute Gasteiger partial charge is 0.194 e. The summed E-state index contributed by atoms with van der Waals surface area (Å²) in [6.07, 6.45) is 0.975. The number of pyridine rings is 1. The van der Waals surface area contributed by atoms with E-state index >= 15 is 0 Å². The number of rotatable bonds is 2. The number of aryl methyl sites for hydroxylation is 1. The Bertz CT molecular complexity index is 597. The fraction of sp³-hybridized carbons (Fsp3) is 0.300. The van der Waals surface area contributed by atoms with E-state index in [0.29, 0.717) is 5.69 Å². The highest BCUT2D eigenvalue weighted by Crippen LogP contribution is 2.17. The van der Waals surface area contributed by atoms with E-state index in [9.17, 15) is 13.2 Å². The van der Waals surface area contributed by atoms with E-state index in [-0.39, 0.29) is 21.9 Å². The topological polar surface area (TPSA) is 87.9 Å². The van der Waals surface area contributed by atoms with Gasteiger partial charge in [0.2, 0.25) is 0 Å². The van der Waals surface area contributed by atoms with Crippen LogP contribution >= 0.6 is 0 Å². The number of nitrogens with zero attached hydrogens (tertiary/aromatic N) is 2. The maximum Gasteiger partial charge on any atom is 0.194 e. The summed E-state index contributed by atoms with van der Waals surface area (Å²) in [7, 11) is -3.56. The van der Waals surface area contributed by atoms with Gasteiger partial charge in [0, 0.05) is 17.5 Å². The number of aromatic nitrogens is 1. The quantitative estimate of drug-likeness (QED) is 0.713. The molecule has 16 heavy (non-hydrogen) atoms. The second kappa shape index (κ2) is 4.02. The molecule has 1 heterocycles. The fourth-order valence-corrected chi connectivity index (χ4v) is 2.11. The van der Waals surface area contributed by atoms with Gasteiger partial charge in [-0.15, -0.1) is 0 Å². The fourth-order valence-electron chi connectivity index (χ4n) is 1.30. The highest BCUT2D eigenvalue weighted by atomic mass is 32.2. The summed E-state index contributed by atoms with van der Waals surface area (Å²) in [4.78, 5) is 15.0. The average Bonchev–Trinajstić information content (AvgIpc) is 2.15. The number of carbonyl (C=O) groups is 1. The van der Waals surface area contributed by atoms with Gasteiger partial charge in [-0.1, -0.05) is 0 Å². The van der Waals surface area contributed by atoms with Gasteiger partial charge < -0.3 is 0 Å².